The van der Waals surface area contributed by atoms with Crippen LogP contribution in [0.1, 0.15) is 30.9 Å². The van der Waals surface area contributed by atoms with Gasteiger partial charge in [0.15, 0.2) is 5.58 Å². The first-order valence-corrected chi connectivity index (χ1v) is 10.5. The quantitative estimate of drug-likeness (QED) is 0.685. The summed E-state index contributed by atoms with van der Waals surface area (Å²) < 4.78 is 13.1. The molecule has 1 saturated heterocycles. The summed E-state index contributed by atoms with van der Waals surface area (Å²) in [5, 5.41) is 3.16. The number of amides is 1. The zero-order valence-corrected chi connectivity index (χ0v) is 17.0. The van der Waals surface area contributed by atoms with Crippen molar-refractivity contribution in [2.45, 2.75) is 37.5 Å². The van der Waals surface area contributed by atoms with Crippen LogP contribution in [0.25, 0.3) is 11.1 Å². The van der Waals surface area contributed by atoms with E-state index in [0.717, 1.165) is 43.7 Å². The molecule has 5 rings (SSSR count). The number of hydrogen-bond acceptors (Lipinski definition) is 4. The van der Waals surface area contributed by atoms with Crippen LogP contribution in [0.15, 0.2) is 57.7 Å². The number of ether oxygens (including phenoxy) is 1. The number of aromatic nitrogens is 1. The average Bonchev–Trinajstić information content (AvgIpc) is 3.05. The Bertz CT molecular complexity index is 1140. The Morgan fingerprint density at radius 3 is 2.73 bits per heavy atom. The van der Waals surface area contributed by atoms with Gasteiger partial charge in [0.25, 0.3) is 0 Å². The molecule has 1 spiro atoms. The Morgan fingerprint density at radius 1 is 1.17 bits per heavy atom. The van der Waals surface area contributed by atoms with Gasteiger partial charge >= 0.3 is 5.76 Å². The molecule has 7 nitrogen and oxygen atoms in total. The number of benzene rings is 2. The van der Waals surface area contributed by atoms with E-state index in [2.05, 4.69) is 12.4 Å². The van der Waals surface area contributed by atoms with E-state index in [4.69, 9.17) is 9.15 Å². The monoisotopic (exact) mass is 408 g/mol. The molecule has 0 aliphatic carbocycles. The third kappa shape index (κ3) is 3.39. The maximum Gasteiger partial charge on any atom is 0.420 e. The van der Waals surface area contributed by atoms with Crippen LogP contribution in [-0.4, -0.2) is 36.2 Å². The van der Waals surface area contributed by atoms with Crippen LogP contribution < -0.4 is 20.7 Å². The zero-order valence-electron chi connectivity index (χ0n) is 17.0. The van der Waals surface area contributed by atoms with Crippen LogP contribution in [-0.2, 0) is 11.3 Å². The summed E-state index contributed by atoms with van der Waals surface area (Å²) in [6.07, 6.45) is 2.67. The van der Waals surface area contributed by atoms with Crippen molar-refractivity contribution >= 4 is 17.0 Å². The molecular formula is C23H26N3O4+. The molecule has 2 N–H and O–H groups in total. The van der Waals surface area contributed by atoms with Crippen molar-refractivity contribution in [3.63, 3.8) is 0 Å². The lowest BCUT2D eigenvalue weighted by Crippen LogP contribution is -3.10. The smallest absolute Gasteiger partial charge is 0.420 e. The first-order valence-electron chi connectivity index (χ1n) is 10.5. The molecule has 2 aromatic carbocycles. The maximum absolute atomic E-state index is 13.0. The summed E-state index contributed by atoms with van der Waals surface area (Å²) in [5.74, 6) is 0.118. The van der Waals surface area contributed by atoms with Gasteiger partial charge in [-0.3, -0.25) is 9.36 Å². The van der Waals surface area contributed by atoms with Crippen LogP contribution in [0.4, 0.5) is 0 Å². The molecule has 3 heterocycles. The molecule has 0 bridgehead atoms. The number of nitrogens with one attached hydrogen (secondary N) is 2. The number of oxazole rings is 1. The summed E-state index contributed by atoms with van der Waals surface area (Å²) in [5.41, 5.74) is 1.86. The SMILES string of the molecule is C[NH+]1CCC2(CC1)C[C@H](NC(=O)Cn1c(=O)oc3ccccc31)c1ccccc1O2. The van der Waals surface area contributed by atoms with E-state index >= 15 is 0 Å². The number of hydrogen-bond donors (Lipinski definition) is 2. The van der Waals surface area contributed by atoms with E-state index in [-0.39, 0.29) is 24.1 Å². The van der Waals surface area contributed by atoms with Crippen molar-refractivity contribution in [3.8, 4) is 5.75 Å². The molecule has 3 aromatic rings. The number of carbonyl (C=O) groups excluding carboxylic acids is 1. The molecule has 0 radical (unpaired) electrons. The predicted octanol–water partition coefficient (Wildman–Crippen LogP) is 1.28. The van der Waals surface area contributed by atoms with Gasteiger partial charge in [-0.2, -0.15) is 0 Å². The second-order valence-electron chi connectivity index (χ2n) is 8.53. The van der Waals surface area contributed by atoms with Gasteiger partial charge < -0.3 is 19.4 Å². The van der Waals surface area contributed by atoms with Gasteiger partial charge in [0.05, 0.1) is 31.7 Å². The van der Waals surface area contributed by atoms with Crippen molar-refractivity contribution in [1.29, 1.82) is 0 Å². The maximum atomic E-state index is 13.0. The molecular weight excluding hydrogens is 382 g/mol. The minimum absolute atomic E-state index is 0.0742. The van der Waals surface area contributed by atoms with Crippen molar-refractivity contribution in [1.82, 2.24) is 9.88 Å². The van der Waals surface area contributed by atoms with Gasteiger partial charge in [0, 0.05) is 24.8 Å². The van der Waals surface area contributed by atoms with Crippen molar-refractivity contribution in [2.75, 3.05) is 20.1 Å². The Labute approximate surface area is 174 Å². The first kappa shape index (κ1) is 18.9. The average molecular weight is 408 g/mol. The molecule has 0 unspecified atom stereocenters. The Kier molecular flexibility index (Phi) is 4.62. The molecule has 7 heteroatoms. The highest BCUT2D eigenvalue weighted by Crippen LogP contribution is 2.42. The molecule has 30 heavy (non-hydrogen) atoms. The van der Waals surface area contributed by atoms with Crippen LogP contribution in [0.5, 0.6) is 5.75 Å². The molecule has 1 atom stereocenters. The molecule has 1 fully saturated rings. The fourth-order valence-corrected chi connectivity index (χ4v) is 4.73. The van der Waals surface area contributed by atoms with Gasteiger partial charge in [0.2, 0.25) is 5.91 Å². The molecule has 0 saturated carbocycles. The molecule has 2 aliphatic rings. The lowest BCUT2D eigenvalue weighted by molar-refractivity contribution is -0.887. The number of para-hydroxylation sites is 3. The second-order valence-corrected chi connectivity index (χ2v) is 8.53. The summed E-state index contributed by atoms with van der Waals surface area (Å²) in [6, 6.07) is 14.9. The van der Waals surface area contributed by atoms with Crippen LogP contribution >= 0.6 is 0 Å². The van der Waals surface area contributed by atoms with Crippen molar-refractivity contribution in [2.24, 2.45) is 0 Å². The highest BCUT2D eigenvalue weighted by Gasteiger charge is 2.44. The number of piperidine rings is 1. The molecule has 2 aliphatic heterocycles. The number of carbonyl (C=O) groups is 1. The van der Waals surface area contributed by atoms with E-state index in [0.29, 0.717) is 11.1 Å². The Hall–Kier alpha value is -3.06. The Morgan fingerprint density at radius 2 is 1.90 bits per heavy atom. The fraction of sp³-hybridized carbons (Fsp3) is 0.391. The van der Waals surface area contributed by atoms with E-state index in [1.807, 2.05) is 30.3 Å². The van der Waals surface area contributed by atoms with E-state index in [1.165, 1.54) is 9.47 Å². The largest absolute Gasteiger partial charge is 0.486 e. The van der Waals surface area contributed by atoms with Crippen molar-refractivity contribution in [3.05, 3.63) is 64.6 Å². The first-order chi connectivity index (χ1) is 14.5. The van der Waals surface area contributed by atoms with Crippen LogP contribution in [0, 0.1) is 0 Å². The van der Waals surface area contributed by atoms with E-state index in [9.17, 15) is 9.59 Å². The number of quaternary nitrogens is 1. The van der Waals surface area contributed by atoms with Gasteiger partial charge in [-0.05, 0) is 18.2 Å². The van der Waals surface area contributed by atoms with Gasteiger partial charge in [-0.25, -0.2) is 4.79 Å². The van der Waals surface area contributed by atoms with Crippen LogP contribution in [0.2, 0.25) is 0 Å². The minimum atomic E-state index is -0.520. The third-order valence-corrected chi connectivity index (χ3v) is 6.42. The topological polar surface area (TPSA) is 77.9 Å². The number of likely N-dealkylation sites (tertiary alicyclic amines) is 1. The predicted molar refractivity (Wildman–Crippen MR) is 112 cm³/mol. The van der Waals surface area contributed by atoms with Crippen LogP contribution in [0.3, 0.4) is 0 Å². The molecule has 156 valence electrons. The summed E-state index contributed by atoms with van der Waals surface area (Å²) in [7, 11) is 2.20. The number of nitrogens with zero attached hydrogens (tertiary/aromatic N) is 1. The lowest BCUT2D eigenvalue weighted by atomic mass is 9.80. The highest BCUT2D eigenvalue weighted by atomic mass is 16.5. The van der Waals surface area contributed by atoms with Gasteiger partial charge in [-0.15, -0.1) is 0 Å². The summed E-state index contributed by atoms with van der Waals surface area (Å²) in [4.78, 5) is 26.7. The Balaban J connectivity index is 1.39. The highest BCUT2D eigenvalue weighted by molar-refractivity contribution is 5.80. The lowest BCUT2D eigenvalue weighted by Gasteiger charge is -2.45. The second kappa shape index (κ2) is 7.32. The van der Waals surface area contributed by atoms with Gasteiger partial charge in [-0.1, -0.05) is 30.3 Å². The normalized spacial score (nSPS) is 25.6. The van der Waals surface area contributed by atoms with Gasteiger partial charge in [0.1, 0.15) is 17.9 Å². The minimum Gasteiger partial charge on any atom is -0.486 e. The number of rotatable bonds is 3. The zero-order chi connectivity index (χ0) is 20.7. The molecule has 1 amide bonds. The third-order valence-electron chi connectivity index (χ3n) is 6.42. The van der Waals surface area contributed by atoms with E-state index < -0.39 is 5.76 Å². The molecule has 1 aromatic heterocycles. The summed E-state index contributed by atoms with van der Waals surface area (Å²) >= 11 is 0. The van der Waals surface area contributed by atoms with Crippen molar-refractivity contribution < 1.29 is 18.8 Å². The fourth-order valence-electron chi connectivity index (χ4n) is 4.73. The standard InChI is InChI=1S/C23H25N3O4/c1-25-12-10-23(11-13-25)14-17(16-6-2-4-8-19(16)30-23)24-21(27)15-26-18-7-3-5-9-20(18)29-22(26)28/h2-9,17H,10-15H2,1H3,(H,24,27)/p+1/t17-/m0/s1. The summed E-state index contributed by atoms with van der Waals surface area (Å²) in [6.45, 7) is 2.04. The van der Waals surface area contributed by atoms with E-state index in [1.54, 1.807) is 18.2 Å². The number of fused-ring (bicyclic) bond motifs is 2.